The van der Waals surface area contributed by atoms with Gasteiger partial charge < -0.3 is 4.74 Å². The molecule has 0 amide bonds. The molecule has 17 heavy (non-hydrogen) atoms. The number of aromatic nitrogens is 2. The maximum Gasteiger partial charge on any atom is 0.341 e. The van der Waals surface area contributed by atoms with Crippen LogP contribution in [-0.4, -0.2) is 22.5 Å². The van der Waals surface area contributed by atoms with Crippen molar-refractivity contribution < 1.29 is 9.53 Å². The molecule has 0 N–H and O–H groups in total. The molecule has 2 rings (SSSR count). The Morgan fingerprint density at radius 1 is 1.53 bits per heavy atom. The normalized spacial score (nSPS) is 10.5. The molecule has 2 aromatic heterocycles. The van der Waals surface area contributed by atoms with E-state index in [1.165, 1.54) is 0 Å². The van der Waals surface area contributed by atoms with Gasteiger partial charge in [-0.05, 0) is 54.1 Å². The molecular weight excluding hydrogens is 331 g/mol. The van der Waals surface area contributed by atoms with E-state index in [1.54, 1.807) is 13.1 Å². The van der Waals surface area contributed by atoms with E-state index in [2.05, 4.69) is 9.97 Å². The number of aryl methyl sites for hydroxylation is 1. The molecule has 0 fully saturated rings. The Hall–Kier alpha value is -1.24. The summed E-state index contributed by atoms with van der Waals surface area (Å²) in [6.45, 7) is 4.01. The van der Waals surface area contributed by atoms with Gasteiger partial charge in [-0.1, -0.05) is 0 Å². The zero-order chi connectivity index (χ0) is 12.4. The molecule has 0 aliphatic rings. The maximum atomic E-state index is 11.8. The van der Waals surface area contributed by atoms with E-state index >= 15 is 0 Å². The Kier molecular flexibility index (Phi) is 3.56. The third-order valence-corrected chi connectivity index (χ3v) is 3.20. The number of rotatable bonds is 2. The lowest BCUT2D eigenvalue weighted by Gasteiger charge is -2.09. The molecule has 0 aliphatic heterocycles. The van der Waals surface area contributed by atoms with E-state index in [1.807, 2.05) is 41.6 Å². The zero-order valence-corrected chi connectivity index (χ0v) is 11.7. The van der Waals surface area contributed by atoms with Crippen LogP contribution in [0.2, 0.25) is 0 Å². The molecule has 5 heteroatoms. The van der Waals surface area contributed by atoms with Gasteiger partial charge in [0.15, 0.2) is 0 Å². The van der Waals surface area contributed by atoms with Crippen LogP contribution in [0, 0.1) is 10.6 Å². The number of carbonyl (C=O) groups is 1. The minimum absolute atomic E-state index is 0.338. The SMILES string of the molecule is CCOC(=O)c1c(I)nc2cccnc2c1C. The fourth-order valence-electron chi connectivity index (χ4n) is 1.65. The standard InChI is InChI=1S/C12H11IN2O2/c1-3-17-12(16)9-7(2)10-8(15-11(9)13)5-4-6-14-10/h4-6H,3H2,1-2H3. The second kappa shape index (κ2) is 4.95. The molecule has 0 radical (unpaired) electrons. The average molecular weight is 342 g/mol. The highest BCUT2D eigenvalue weighted by molar-refractivity contribution is 14.1. The summed E-state index contributed by atoms with van der Waals surface area (Å²) in [6, 6.07) is 3.71. The number of nitrogens with zero attached hydrogens (tertiary/aromatic N) is 2. The van der Waals surface area contributed by atoms with Crippen LogP contribution in [0.4, 0.5) is 0 Å². The van der Waals surface area contributed by atoms with E-state index in [4.69, 9.17) is 4.74 Å². The smallest absolute Gasteiger partial charge is 0.341 e. The third-order valence-electron chi connectivity index (χ3n) is 2.42. The van der Waals surface area contributed by atoms with Crippen molar-refractivity contribution >= 4 is 39.6 Å². The molecule has 88 valence electrons. The van der Waals surface area contributed by atoms with Crippen LogP contribution in [0.25, 0.3) is 11.0 Å². The van der Waals surface area contributed by atoms with Gasteiger partial charge in [-0.2, -0.15) is 0 Å². The summed E-state index contributed by atoms with van der Waals surface area (Å²) in [5.41, 5.74) is 2.87. The largest absolute Gasteiger partial charge is 0.462 e. The predicted molar refractivity (Wildman–Crippen MR) is 72.9 cm³/mol. The number of esters is 1. The molecule has 0 bridgehead atoms. The summed E-state index contributed by atoms with van der Waals surface area (Å²) in [5.74, 6) is -0.338. The second-order valence-electron chi connectivity index (χ2n) is 3.49. The Morgan fingerprint density at radius 3 is 3.00 bits per heavy atom. The summed E-state index contributed by atoms with van der Waals surface area (Å²) in [7, 11) is 0. The van der Waals surface area contributed by atoms with Crippen molar-refractivity contribution in [2.24, 2.45) is 0 Å². The quantitative estimate of drug-likeness (QED) is 0.478. The molecule has 0 saturated carbocycles. The number of carbonyl (C=O) groups excluding carboxylic acids is 1. The summed E-state index contributed by atoms with van der Waals surface area (Å²) < 4.78 is 5.68. The molecular formula is C12H11IN2O2. The van der Waals surface area contributed by atoms with Crippen LogP contribution in [-0.2, 0) is 4.74 Å². The molecule has 0 spiro atoms. The highest BCUT2D eigenvalue weighted by Crippen LogP contribution is 2.22. The highest BCUT2D eigenvalue weighted by atomic mass is 127. The van der Waals surface area contributed by atoms with Gasteiger partial charge in [0.05, 0.1) is 23.2 Å². The first-order chi connectivity index (χ1) is 8.15. The Labute approximate surface area is 113 Å². The van der Waals surface area contributed by atoms with Crippen molar-refractivity contribution in [1.82, 2.24) is 9.97 Å². The van der Waals surface area contributed by atoms with Crippen molar-refractivity contribution in [3.63, 3.8) is 0 Å². The lowest BCUT2D eigenvalue weighted by Crippen LogP contribution is -2.11. The van der Waals surface area contributed by atoms with Gasteiger partial charge in [-0.25, -0.2) is 9.78 Å². The lowest BCUT2D eigenvalue weighted by molar-refractivity contribution is 0.0524. The first-order valence-electron chi connectivity index (χ1n) is 5.23. The van der Waals surface area contributed by atoms with E-state index in [-0.39, 0.29) is 5.97 Å². The van der Waals surface area contributed by atoms with Crippen LogP contribution < -0.4 is 0 Å². The zero-order valence-electron chi connectivity index (χ0n) is 9.53. The van der Waals surface area contributed by atoms with Crippen LogP contribution in [0.5, 0.6) is 0 Å². The lowest BCUT2D eigenvalue weighted by atomic mass is 10.1. The minimum atomic E-state index is -0.338. The first kappa shape index (κ1) is 12.2. The molecule has 2 aromatic rings. The van der Waals surface area contributed by atoms with Gasteiger partial charge >= 0.3 is 5.97 Å². The summed E-state index contributed by atoms with van der Waals surface area (Å²) in [6.07, 6.45) is 1.69. The van der Waals surface area contributed by atoms with Crippen LogP contribution in [0.1, 0.15) is 22.8 Å². The van der Waals surface area contributed by atoms with E-state index in [9.17, 15) is 4.79 Å². The van der Waals surface area contributed by atoms with E-state index in [0.717, 1.165) is 16.6 Å². The van der Waals surface area contributed by atoms with Crippen LogP contribution >= 0.6 is 22.6 Å². The van der Waals surface area contributed by atoms with Gasteiger partial charge in [0.2, 0.25) is 0 Å². The number of hydrogen-bond acceptors (Lipinski definition) is 4. The highest BCUT2D eigenvalue weighted by Gasteiger charge is 2.18. The van der Waals surface area contributed by atoms with Crippen LogP contribution in [0.3, 0.4) is 0 Å². The molecule has 0 saturated heterocycles. The van der Waals surface area contributed by atoms with Gasteiger partial charge in [0.25, 0.3) is 0 Å². The van der Waals surface area contributed by atoms with Gasteiger partial charge in [-0.3, -0.25) is 4.98 Å². The van der Waals surface area contributed by atoms with Crippen molar-refractivity contribution in [3.05, 3.63) is 33.2 Å². The first-order valence-corrected chi connectivity index (χ1v) is 6.31. The number of ether oxygens (including phenoxy) is 1. The third kappa shape index (κ3) is 2.24. The fourth-order valence-corrected chi connectivity index (χ4v) is 2.54. The van der Waals surface area contributed by atoms with Crippen molar-refractivity contribution in [1.29, 1.82) is 0 Å². The monoisotopic (exact) mass is 342 g/mol. The summed E-state index contributed by atoms with van der Waals surface area (Å²) >= 11 is 2.05. The molecule has 0 aromatic carbocycles. The predicted octanol–water partition coefficient (Wildman–Crippen LogP) is 2.72. The number of hydrogen-bond donors (Lipinski definition) is 0. The van der Waals surface area contributed by atoms with Crippen molar-refractivity contribution in [2.75, 3.05) is 6.61 Å². The molecule has 4 nitrogen and oxygen atoms in total. The fraction of sp³-hybridized carbons (Fsp3) is 0.250. The summed E-state index contributed by atoms with van der Waals surface area (Å²) in [5, 5.41) is 0. The van der Waals surface area contributed by atoms with Crippen molar-refractivity contribution in [2.45, 2.75) is 13.8 Å². The maximum absolute atomic E-state index is 11.8. The molecule has 0 unspecified atom stereocenters. The minimum Gasteiger partial charge on any atom is -0.462 e. The number of pyridine rings is 2. The van der Waals surface area contributed by atoms with E-state index in [0.29, 0.717) is 15.9 Å². The Balaban J connectivity index is 2.67. The van der Waals surface area contributed by atoms with Crippen LogP contribution in [0.15, 0.2) is 18.3 Å². The number of halogens is 1. The second-order valence-corrected chi connectivity index (χ2v) is 4.52. The van der Waals surface area contributed by atoms with E-state index < -0.39 is 0 Å². The topological polar surface area (TPSA) is 52.1 Å². The van der Waals surface area contributed by atoms with Gasteiger partial charge in [0.1, 0.15) is 3.70 Å². The Bertz CT molecular complexity index is 584. The molecule has 0 aliphatic carbocycles. The van der Waals surface area contributed by atoms with Gasteiger partial charge in [0, 0.05) is 6.20 Å². The molecule has 0 atom stereocenters. The average Bonchev–Trinajstić information content (AvgIpc) is 2.29. The molecule has 2 heterocycles. The Morgan fingerprint density at radius 2 is 2.29 bits per heavy atom. The number of fused-ring (bicyclic) bond motifs is 1. The van der Waals surface area contributed by atoms with Gasteiger partial charge in [-0.15, -0.1) is 0 Å². The van der Waals surface area contributed by atoms with Crippen molar-refractivity contribution in [3.8, 4) is 0 Å². The summed E-state index contributed by atoms with van der Waals surface area (Å²) in [4.78, 5) is 20.4.